The highest BCUT2D eigenvalue weighted by Crippen LogP contribution is 2.36. The minimum Gasteiger partial charge on any atom is -0.299 e. The lowest BCUT2D eigenvalue weighted by Gasteiger charge is -2.15. The molecule has 5 nitrogen and oxygen atoms in total. The lowest BCUT2D eigenvalue weighted by Crippen LogP contribution is -2.37. The van der Waals surface area contributed by atoms with Crippen molar-refractivity contribution >= 4 is 46.5 Å². The molecular formula is C32H30N3O2S2+. The van der Waals surface area contributed by atoms with Gasteiger partial charge < -0.3 is 0 Å². The minimum atomic E-state index is -0.148. The summed E-state index contributed by atoms with van der Waals surface area (Å²) in [4.78, 5) is 28.7. The second kappa shape index (κ2) is 11.8. The van der Waals surface area contributed by atoms with E-state index in [0.717, 1.165) is 33.0 Å². The van der Waals surface area contributed by atoms with Gasteiger partial charge in [0.05, 0.1) is 6.08 Å². The van der Waals surface area contributed by atoms with Crippen LogP contribution in [0.2, 0.25) is 0 Å². The molecule has 0 radical (unpaired) electrons. The van der Waals surface area contributed by atoms with Crippen LogP contribution in [0, 0.1) is 0 Å². The maximum absolute atomic E-state index is 13.5. The molecular weight excluding hydrogens is 523 g/mol. The highest BCUT2D eigenvalue weighted by Gasteiger charge is 2.27. The number of hydrogen-bond donors (Lipinski definition) is 0. The fourth-order valence-corrected chi connectivity index (χ4v) is 7.06. The van der Waals surface area contributed by atoms with Gasteiger partial charge in [0.15, 0.2) is 0 Å². The fraction of sp³-hybridized carbons (Fsp3) is 0.156. The van der Waals surface area contributed by atoms with Gasteiger partial charge in [0.25, 0.3) is 10.6 Å². The maximum atomic E-state index is 13.5. The number of nitrogens with zero attached hydrogens (tertiary/aromatic N) is 3. The van der Waals surface area contributed by atoms with E-state index in [1.165, 1.54) is 33.7 Å². The molecule has 0 aliphatic rings. The Kier molecular flexibility index (Phi) is 8.00. The summed E-state index contributed by atoms with van der Waals surface area (Å²) in [7, 11) is 0. The Balaban J connectivity index is 1.73. The Morgan fingerprint density at radius 3 is 2.03 bits per heavy atom. The molecule has 0 aliphatic heterocycles. The van der Waals surface area contributed by atoms with Gasteiger partial charge in [-0.15, -0.1) is 11.3 Å². The molecule has 7 heteroatoms. The van der Waals surface area contributed by atoms with Crippen LogP contribution in [0.15, 0.2) is 95.8 Å². The van der Waals surface area contributed by atoms with E-state index in [1.807, 2.05) is 49.4 Å². The molecule has 2 aromatic heterocycles. The van der Waals surface area contributed by atoms with Crippen LogP contribution >= 0.6 is 22.7 Å². The summed E-state index contributed by atoms with van der Waals surface area (Å²) in [5.74, 6) is -0.148. The van der Waals surface area contributed by atoms with Crippen molar-refractivity contribution in [3.05, 3.63) is 116 Å². The fourth-order valence-electron chi connectivity index (χ4n) is 4.62. The van der Waals surface area contributed by atoms with Gasteiger partial charge in [-0.05, 0) is 43.7 Å². The van der Waals surface area contributed by atoms with Crippen molar-refractivity contribution in [1.29, 1.82) is 0 Å². The first-order valence-corrected chi connectivity index (χ1v) is 14.6. The third-order valence-corrected chi connectivity index (χ3v) is 8.70. The third-order valence-electron chi connectivity index (χ3n) is 6.48. The van der Waals surface area contributed by atoms with Gasteiger partial charge in [-0.2, -0.15) is 4.57 Å². The van der Waals surface area contributed by atoms with Crippen LogP contribution in [-0.4, -0.2) is 10.5 Å². The van der Waals surface area contributed by atoms with E-state index in [2.05, 4.69) is 66.1 Å². The van der Waals surface area contributed by atoms with Gasteiger partial charge in [-0.25, -0.2) is 0 Å². The van der Waals surface area contributed by atoms with Crippen LogP contribution in [0.3, 0.4) is 0 Å². The summed E-state index contributed by atoms with van der Waals surface area (Å²) in [5, 5.41) is 1.07. The molecule has 1 amide bonds. The molecule has 2 heterocycles. The molecule has 0 saturated carbocycles. The van der Waals surface area contributed by atoms with Crippen LogP contribution in [0.5, 0.6) is 0 Å². The van der Waals surface area contributed by atoms with Gasteiger partial charge in [-0.3, -0.25) is 19.1 Å². The largest absolute Gasteiger partial charge is 0.299 e. The number of benzene rings is 3. The molecule has 5 rings (SSSR count). The molecule has 0 unspecified atom stereocenters. The van der Waals surface area contributed by atoms with Crippen molar-refractivity contribution in [2.45, 2.75) is 33.9 Å². The van der Waals surface area contributed by atoms with Gasteiger partial charge in [0.2, 0.25) is 11.6 Å². The Morgan fingerprint density at radius 1 is 0.872 bits per heavy atom. The third kappa shape index (κ3) is 5.41. The van der Waals surface area contributed by atoms with Crippen LogP contribution in [0.25, 0.3) is 34.0 Å². The van der Waals surface area contributed by atoms with E-state index in [4.69, 9.17) is 0 Å². The summed E-state index contributed by atoms with van der Waals surface area (Å²) in [6.07, 6.45) is 3.78. The average molecular weight is 553 g/mol. The molecule has 3 aromatic carbocycles. The Morgan fingerprint density at radius 2 is 1.46 bits per heavy atom. The summed E-state index contributed by atoms with van der Waals surface area (Å²) in [5.41, 5.74) is 4.12. The highest BCUT2D eigenvalue weighted by molar-refractivity contribution is 7.16. The lowest BCUT2D eigenvalue weighted by molar-refractivity contribution is -0.679. The van der Waals surface area contributed by atoms with Gasteiger partial charge in [0.1, 0.15) is 20.6 Å². The summed E-state index contributed by atoms with van der Waals surface area (Å²) < 4.78 is 5.48. The predicted octanol–water partition coefficient (Wildman–Crippen LogP) is 5.25. The number of aromatic nitrogens is 2. The van der Waals surface area contributed by atoms with E-state index in [1.54, 1.807) is 22.1 Å². The predicted molar refractivity (Wildman–Crippen MR) is 162 cm³/mol. The molecule has 5 aromatic rings. The molecule has 0 spiro atoms. The number of para-hydroxylation sites is 1. The molecule has 0 atom stereocenters. The first-order valence-electron chi connectivity index (χ1n) is 13.0. The number of carbonyl (C=O) groups excluding carboxylic acids is 1. The van der Waals surface area contributed by atoms with Crippen molar-refractivity contribution in [2.75, 3.05) is 4.90 Å². The standard InChI is InChI=1S/C32H30N3O2S2/c1-4-33-28(39-31(25-17-11-7-12-18-25)30(33)24-15-9-6-10-16-24)21-29-34(5-2)32(37)27(38-29)22-35(23(3)36)26-19-13-8-14-20-26/h6-22H,4-5H2,1-3H3/q+1/b27-22+. The SMILES string of the molecule is CCn1c(=O)/c(=C\N(C(C)=O)c2ccccc2)s/c1=C\c1sc(-c2ccccc2)c(-c2ccccc2)[n+]1CC. The molecule has 39 heavy (non-hydrogen) atoms. The summed E-state index contributed by atoms with van der Waals surface area (Å²) in [6.45, 7) is 6.95. The second-order valence-corrected chi connectivity index (χ2v) is 11.0. The molecule has 0 saturated heterocycles. The molecule has 196 valence electrons. The Labute approximate surface area is 235 Å². The monoisotopic (exact) mass is 552 g/mol. The van der Waals surface area contributed by atoms with Crippen LogP contribution in [-0.2, 0) is 17.9 Å². The van der Waals surface area contributed by atoms with Crippen LogP contribution < -0.4 is 24.2 Å². The average Bonchev–Trinajstić information content (AvgIpc) is 3.49. The first-order chi connectivity index (χ1) is 19.0. The number of thiazole rings is 2. The summed E-state index contributed by atoms with van der Waals surface area (Å²) in [6, 6.07) is 30.3. The maximum Gasteiger partial charge on any atom is 0.270 e. The lowest BCUT2D eigenvalue weighted by atomic mass is 10.1. The number of rotatable bonds is 7. The van der Waals surface area contributed by atoms with E-state index in [0.29, 0.717) is 11.1 Å². The van der Waals surface area contributed by atoms with Crippen molar-refractivity contribution in [1.82, 2.24) is 4.57 Å². The zero-order chi connectivity index (χ0) is 27.4. The normalized spacial score (nSPS) is 12.2. The van der Waals surface area contributed by atoms with E-state index < -0.39 is 0 Å². The number of carbonyl (C=O) groups is 1. The highest BCUT2D eigenvalue weighted by atomic mass is 32.1. The number of anilines is 1. The van der Waals surface area contributed by atoms with Gasteiger partial charge >= 0.3 is 0 Å². The molecule has 0 N–H and O–H groups in total. The number of amides is 1. The number of hydrogen-bond acceptors (Lipinski definition) is 4. The first kappa shape index (κ1) is 26.5. The minimum absolute atomic E-state index is 0.0953. The molecule has 0 bridgehead atoms. The van der Waals surface area contributed by atoms with Crippen LogP contribution in [0.4, 0.5) is 5.69 Å². The molecule has 0 fully saturated rings. The molecule has 0 aliphatic carbocycles. The topological polar surface area (TPSA) is 46.2 Å². The second-order valence-electron chi connectivity index (χ2n) is 8.95. The smallest absolute Gasteiger partial charge is 0.270 e. The van der Waals surface area contributed by atoms with Gasteiger partial charge in [-0.1, -0.05) is 78.1 Å². The quantitative estimate of drug-likeness (QED) is 0.259. The van der Waals surface area contributed by atoms with E-state index in [-0.39, 0.29) is 11.5 Å². The Bertz CT molecular complexity index is 1770. The van der Waals surface area contributed by atoms with Crippen molar-refractivity contribution < 1.29 is 9.36 Å². The summed E-state index contributed by atoms with van der Waals surface area (Å²) >= 11 is 3.14. The van der Waals surface area contributed by atoms with E-state index in [9.17, 15) is 9.59 Å². The zero-order valence-electron chi connectivity index (χ0n) is 22.2. The Hall–Kier alpha value is -4.07. The van der Waals surface area contributed by atoms with E-state index >= 15 is 0 Å². The van der Waals surface area contributed by atoms with Crippen LogP contribution in [0.1, 0.15) is 25.8 Å². The van der Waals surface area contributed by atoms with Crippen molar-refractivity contribution in [3.8, 4) is 21.7 Å². The zero-order valence-corrected chi connectivity index (χ0v) is 23.8. The van der Waals surface area contributed by atoms with Crippen molar-refractivity contribution in [3.63, 3.8) is 0 Å². The van der Waals surface area contributed by atoms with Crippen molar-refractivity contribution in [2.24, 2.45) is 0 Å². The van der Waals surface area contributed by atoms with Gasteiger partial charge in [0, 0.05) is 30.9 Å².